The van der Waals surface area contributed by atoms with Gasteiger partial charge in [-0.2, -0.15) is 5.26 Å². The topological polar surface area (TPSA) is 56.0 Å². The zero-order valence-electron chi connectivity index (χ0n) is 9.73. The van der Waals surface area contributed by atoms with E-state index in [4.69, 9.17) is 5.26 Å². The summed E-state index contributed by atoms with van der Waals surface area (Å²) in [6.45, 7) is 4.71. The minimum atomic E-state index is -0.275. The number of aliphatic hydroxyl groups is 1. The van der Waals surface area contributed by atoms with Gasteiger partial charge in [0.2, 0.25) is 0 Å². The van der Waals surface area contributed by atoms with E-state index >= 15 is 0 Å². The van der Waals surface area contributed by atoms with Gasteiger partial charge in [0.15, 0.2) is 0 Å². The molecule has 4 heteroatoms. The Balaban J connectivity index is 2.40. The molecule has 0 fully saturated rings. The van der Waals surface area contributed by atoms with Crippen LogP contribution in [-0.2, 0) is 0 Å². The number of nitriles is 1. The Bertz CT molecular complexity index is 356. The lowest BCUT2D eigenvalue weighted by molar-refractivity contribution is 0.157. The molecule has 0 spiro atoms. The fourth-order valence-corrected chi connectivity index (χ4v) is 2.33. The molecular weight excluding hydrogens is 220 g/mol. The van der Waals surface area contributed by atoms with Crippen LogP contribution in [0.5, 0.6) is 0 Å². The van der Waals surface area contributed by atoms with E-state index in [1.54, 1.807) is 0 Å². The highest BCUT2D eigenvalue weighted by molar-refractivity contribution is 7.12. The Kier molecular flexibility index (Phi) is 5.47. The lowest BCUT2D eigenvalue weighted by Crippen LogP contribution is -2.28. The molecule has 1 rings (SSSR count). The molecule has 88 valence electrons. The van der Waals surface area contributed by atoms with E-state index in [2.05, 4.69) is 18.3 Å². The van der Waals surface area contributed by atoms with Crippen molar-refractivity contribution in [2.24, 2.45) is 0 Å². The first kappa shape index (κ1) is 13.2. The molecule has 2 N–H and O–H groups in total. The van der Waals surface area contributed by atoms with Crippen molar-refractivity contribution >= 4 is 11.3 Å². The van der Waals surface area contributed by atoms with Gasteiger partial charge in [-0.1, -0.05) is 13.3 Å². The molecule has 1 aromatic heterocycles. The fourth-order valence-electron chi connectivity index (χ4n) is 1.49. The molecule has 2 atom stereocenters. The molecule has 16 heavy (non-hydrogen) atoms. The van der Waals surface area contributed by atoms with E-state index in [-0.39, 0.29) is 12.1 Å². The van der Waals surface area contributed by atoms with Crippen LogP contribution in [0.15, 0.2) is 12.1 Å². The zero-order chi connectivity index (χ0) is 12.0. The van der Waals surface area contributed by atoms with Crippen LogP contribution in [0.3, 0.4) is 0 Å². The number of hydrogen-bond donors (Lipinski definition) is 2. The standard InChI is InChI=1S/C12H18N2OS/c1-3-4-10(15)8-14-9(2)12-6-5-11(7-13)16-12/h5-6,9-10,14-15H,3-4,8H2,1-2H3. The molecule has 1 heterocycles. The maximum atomic E-state index is 9.58. The molecular formula is C12H18N2OS. The second-order valence-electron chi connectivity index (χ2n) is 3.89. The van der Waals surface area contributed by atoms with Crippen molar-refractivity contribution in [1.82, 2.24) is 5.32 Å². The Morgan fingerprint density at radius 3 is 2.88 bits per heavy atom. The van der Waals surface area contributed by atoms with Crippen molar-refractivity contribution in [2.45, 2.75) is 38.8 Å². The second kappa shape index (κ2) is 6.64. The Morgan fingerprint density at radius 2 is 2.31 bits per heavy atom. The third-order valence-electron chi connectivity index (χ3n) is 2.45. The number of aliphatic hydroxyl groups excluding tert-OH is 1. The summed E-state index contributed by atoms with van der Waals surface area (Å²) in [5, 5.41) is 21.6. The van der Waals surface area contributed by atoms with Crippen LogP contribution in [0.4, 0.5) is 0 Å². The Hall–Kier alpha value is -0.890. The molecule has 2 unspecified atom stereocenters. The minimum absolute atomic E-state index is 0.193. The Labute approximate surface area is 101 Å². The number of thiophene rings is 1. The summed E-state index contributed by atoms with van der Waals surface area (Å²) in [4.78, 5) is 1.87. The molecule has 0 saturated carbocycles. The highest BCUT2D eigenvalue weighted by Crippen LogP contribution is 2.22. The summed E-state index contributed by atoms with van der Waals surface area (Å²) in [5.41, 5.74) is 0. The molecule has 0 saturated heterocycles. The van der Waals surface area contributed by atoms with E-state index < -0.39 is 0 Å². The van der Waals surface area contributed by atoms with Crippen LogP contribution in [-0.4, -0.2) is 17.8 Å². The average Bonchev–Trinajstić information content (AvgIpc) is 2.75. The van der Waals surface area contributed by atoms with Crippen molar-refractivity contribution < 1.29 is 5.11 Å². The van der Waals surface area contributed by atoms with E-state index in [9.17, 15) is 5.11 Å². The van der Waals surface area contributed by atoms with E-state index in [1.165, 1.54) is 11.3 Å². The van der Waals surface area contributed by atoms with E-state index in [0.29, 0.717) is 6.54 Å². The van der Waals surface area contributed by atoms with Crippen molar-refractivity contribution in [1.29, 1.82) is 5.26 Å². The third-order valence-corrected chi connectivity index (χ3v) is 3.62. The predicted molar refractivity (Wildman–Crippen MR) is 66.4 cm³/mol. The van der Waals surface area contributed by atoms with Crippen molar-refractivity contribution in [2.75, 3.05) is 6.54 Å². The van der Waals surface area contributed by atoms with Gasteiger partial charge < -0.3 is 10.4 Å². The first-order chi connectivity index (χ1) is 7.67. The number of rotatable bonds is 6. The predicted octanol–water partition coefficient (Wildman–Crippen LogP) is 2.43. The lowest BCUT2D eigenvalue weighted by Gasteiger charge is -2.15. The molecule has 0 aliphatic heterocycles. The first-order valence-electron chi connectivity index (χ1n) is 5.58. The van der Waals surface area contributed by atoms with Gasteiger partial charge in [0, 0.05) is 17.5 Å². The van der Waals surface area contributed by atoms with Gasteiger partial charge in [0.25, 0.3) is 0 Å². The number of hydrogen-bond acceptors (Lipinski definition) is 4. The van der Waals surface area contributed by atoms with E-state index in [0.717, 1.165) is 22.6 Å². The molecule has 0 amide bonds. The maximum absolute atomic E-state index is 9.58. The minimum Gasteiger partial charge on any atom is -0.392 e. The van der Waals surface area contributed by atoms with Gasteiger partial charge in [-0.15, -0.1) is 11.3 Å². The van der Waals surface area contributed by atoms with Crippen molar-refractivity contribution in [3.63, 3.8) is 0 Å². The number of nitrogens with zero attached hydrogens (tertiary/aromatic N) is 1. The smallest absolute Gasteiger partial charge is 0.110 e. The molecule has 0 aliphatic carbocycles. The summed E-state index contributed by atoms with van der Waals surface area (Å²) in [6.07, 6.45) is 1.55. The largest absolute Gasteiger partial charge is 0.392 e. The highest BCUT2D eigenvalue weighted by atomic mass is 32.1. The van der Waals surface area contributed by atoms with Gasteiger partial charge >= 0.3 is 0 Å². The highest BCUT2D eigenvalue weighted by Gasteiger charge is 2.10. The Morgan fingerprint density at radius 1 is 1.56 bits per heavy atom. The molecule has 1 aromatic rings. The monoisotopic (exact) mass is 238 g/mol. The van der Waals surface area contributed by atoms with Gasteiger partial charge in [-0.05, 0) is 25.5 Å². The van der Waals surface area contributed by atoms with Crippen LogP contribution in [0, 0.1) is 11.3 Å². The van der Waals surface area contributed by atoms with Crippen LogP contribution in [0.1, 0.15) is 42.5 Å². The molecule has 0 radical (unpaired) electrons. The second-order valence-corrected chi connectivity index (χ2v) is 5.00. The first-order valence-corrected chi connectivity index (χ1v) is 6.40. The average molecular weight is 238 g/mol. The van der Waals surface area contributed by atoms with Crippen molar-refractivity contribution in [3.05, 3.63) is 21.9 Å². The van der Waals surface area contributed by atoms with Crippen LogP contribution in [0.2, 0.25) is 0 Å². The fraction of sp³-hybridized carbons (Fsp3) is 0.583. The maximum Gasteiger partial charge on any atom is 0.110 e. The molecule has 0 aliphatic rings. The summed E-state index contributed by atoms with van der Waals surface area (Å²) >= 11 is 1.50. The van der Waals surface area contributed by atoms with Crippen LogP contribution < -0.4 is 5.32 Å². The normalized spacial score (nSPS) is 14.4. The number of nitrogens with one attached hydrogen (secondary N) is 1. The van der Waals surface area contributed by atoms with Gasteiger partial charge in [0.1, 0.15) is 10.9 Å². The molecule has 3 nitrogen and oxygen atoms in total. The molecule has 0 bridgehead atoms. The van der Waals surface area contributed by atoms with Gasteiger partial charge in [0.05, 0.1) is 6.10 Å². The van der Waals surface area contributed by atoms with Crippen LogP contribution >= 0.6 is 11.3 Å². The third kappa shape index (κ3) is 3.93. The van der Waals surface area contributed by atoms with E-state index in [1.807, 2.05) is 19.1 Å². The summed E-state index contributed by atoms with van der Waals surface area (Å²) in [5.74, 6) is 0. The van der Waals surface area contributed by atoms with Gasteiger partial charge in [-0.25, -0.2) is 0 Å². The quantitative estimate of drug-likeness (QED) is 0.800. The SMILES string of the molecule is CCCC(O)CNC(C)c1ccc(C#N)s1. The zero-order valence-corrected chi connectivity index (χ0v) is 10.5. The molecule has 0 aromatic carbocycles. The summed E-state index contributed by atoms with van der Waals surface area (Å²) in [6, 6.07) is 6.12. The van der Waals surface area contributed by atoms with Crippen LogP contribution in [0.25, 0.3) is 0 Å². The summed E-state index contributed by atoms with van der Waals surface area (Å²) < 4.78 is 0. The lowest BCUT2D eigenvalue weighted by atomic mass is 10.2. The van der Waals surface area contributed by atoms with Gasteiger partial charge in [-0.3, -0.25) is 0 Å². The summed E-state index contributed by atoms with van der Waals surface area (Å²) in [7, 11) is 0. The van der Waals surface area contributed by atoms with Crippen molar-refractivity contribution in [3.8, 4) is 6.07 Å².